The zero-order chi connectivity index (χ0) is 10.6. The molecule has 0 saturated carbocycles. The molecule has 1 rings (SSSR count). The maximum atomic E-state index is 5.63. The largest absolute Gasteiger partial charge is 0.396 e. The Balaban J connectivity index is 2.64. The van der Waals surface area contributed by atoms with E-state index in [9.17, 15) is 0 Å². The van der Waals surface area contributed by atoms with Crippen molar-refractivity contribution in [2.45, 2.75) is 46.6 Å². The van der Waals surface area contributed by atoms with E-state index >= 15 is 0 Å². The fourth-order valence-electron chi connectivity index (χ4n) is 1.83. The molecule has 0 spiro atoms. The first-order valence-corrected chi connectivity index (χ1v) is 5.37. The Morgan fingerprint density at radius 2 is 2.21 bits per heavy atom. The molecule has 14 heavy (non-hydrogen) atoms. The van der Waals surface area contributed by atoms with Gasteiger partial charge < -0.3 is 5.73 Å². The van der Waals surface area contributed by atoms with Crippen molar-refractivity contribution in [2.24, 2.45) is 5.41 Å². The Kier molecular flexibility index (Phi) is 3.55. The zero-order valence-electron chi connectivity index (χ0n) is 9.45. The highest BCUT2D eigenvalue weighted by atomic mass is 15.3. The highest BCUT2D eigenvalue weighted by molar-refractivity contribution is 5.30. The Bertz CT molecular complexity index is 280. The van der Waals surface area contributed by atoms with Crippen LogP contribution in [0.2, 0.25) is 0 Å². The van der Waals surface area contributed by atoms with Gasteiger partial charge >= 0.3 is 0 Å². The van der Waals surface area contributed by atoms with Crippen LogP contribution in [0.4, 0.5) is 5.69 Å². The number of nitrogens with two attached hydrogens (primary N) is 1. The summed E-state index contributed by atoms with van der Waals surface area (Å²) in [5, 5.41) is 4.22. The predicted molar refractivity (Wildman–Crippen MR) is 59.9 cm³/mol. The second-order valence-corrected chi connectivity index (χ2v) is 4.39. The molecule has 1 atom stereocenters. The van der Waals surface area contributed by atoms with Crippen LogP contribution >= 0.6 is 0 Å². The second-order valence-electron chi connectivity index (χ2n) is 4.39. The quantitative estimate of drug-likeness (QED) is 0.785. The van der Waals surface area contributed by atoms with Crippen molar-refractivity contribution >= 4 is 5.69 Å². The fraction of sp³-hybridized carbons (Fsp3) is 0.727. The lowest BCUT2D eigenvalue weighted by Crippen LogP contribution is -2.22. The summed E-state index contributed by atoms with van der Waals surface area (Å²) in [5.74, 6) is 0. The molecule has 2 N–H and O–H groups in total. The standard InChI is InChI=1S/C11H21N3/c1-4-6-11(3,5-2)9-14-8-10(12)7-13-14/h7-8H,4-6,9,12H2,1-3H3. The summed E-state index contributed by atoms with van der Waals surface area (Å²) in [6.07, 6.45) is 7.26. The molecule has 0 aliphatic rings. The molecule has 0 fully saturated rings. The van der Waals surface area contributed by atoms with Gasteiger partial charge in [0.25, 0.3) is 0 Å². The molecule has 0 bridgehead atoms. The van der Waals surface area contributed by atoms with Crippen LogP contribution in [0.15, 0.2) is 12.4 Å². The van der Waals surface area contributed by atoms with E-state index in [-0.39, 0.29) is 0 Å². The zero-order valence-corrected chi connectivity index (χ0v) is 9.45. The van der Waals surface area contributed by atoms with Crippen LogP contribution in [-0.2, 0) is 6.54 Å². The summed E-state index contributed by atoms with van der Waals surface area (Å²) in [7, 11) is 0. The normalized spacial score (nSPS) is 15.4. The first-order chi connectivity index (χ1) is 6.59. The van der Waals surface area contributed by atoms with Gasteiger partial charge in [-0.15, -0.1) is 0 Å². The minimum absolute atomic E-state index is 0.354. The van der Waals surface area contributed by atoms with Crippen LogP contribution in [-0.4, -0.2) is 9.78 Å². The van der Waals surface area contributed by atoms with Crippen LogP contribution in [0, 0.1) is 5.41 Å². The molecule has 1 aromatic heterocycles. The molecular formula is C11H21N3. The topological polar surface area (TPSA) is 43.8 Å². The smallest absolute Gasteiger partial charge is 0.0719 e. The third-order valence-corrected chi connectivity index (χ3v) is 2.90. The number of rotatable bonds is 5. The van der Waals surface area contributed by atoms with Gasteiger partial charge in [0.05, 0.1) is 11.9 Å². The molecular weight excluding hydrogens is 174 g/mol. The Morgan fingerprint density at radius 1 is 1.50 bits per heavy atom. The van der Waals surface area contributed by atoms with Gasteiger partial charge in [-0.25, -0.2) is 0 Å². The van der Waals surface area contributed by atoms with E-state index in [1.165, 1.54) is 19.3 Å². The van der Waals surface area contributed by atoms with Crippen LogP contribution < -0.4 is 5.73 Å². The van der Waals surface area contributed by atoms with Crippen molar-refractivity contribution < 1.29 is 0 Å². The Morgan fingerprint density at radius 3 is 2.64 bits per heavy atom. The lowest BCUT2D eigenvalue weighted by molar-refractivity contribution is 0.226. The highest BCUT2D eigenvalue weighted by Crippen LogP contribution is 2.29. The minimum Gasteiger partial charge on any atom is -0.396 e. The number of nitrogens with zero attached hydrogens (tertiary/aromatic N) is 2. The van der Waals surface area contributed by atoms with Crippen molar-refractivity contribution in [2.75, 3.05) is 5.73 Å². The van der Waals surface area contributed by atoms with Crippen LogP contribution in [0.1, 0.15) is 40.0 Å². The van der Waals surface area contributed by atoms with Crippen molar-refractivity contribution in [3.8, 4) is 0 Å². The van der Waals surface area contributed by atoms with Gasteiger partial charge in [-0.05, 0) is 18.3 Å². The lowest BCUT2D eigenvalue weighted by atomic mass is 9.83. The minimum atomic E-state index is 0.354. The van der Waals surface area contributed by atoms with Crippen molar-refractivity contribution in [1.29, 1.82) is 0 Å². The summed E-state index contributed by atoms with van der Waals surface area (Å²) in [4.78, 5) is 0. The Hall–Kier alpha value is -0.990. The molecule has 0 saturated heterocycles. The van der Waals surface area contributed by atoms with Gasteiger partial charge in [0.2, 0.25) is 0 Å². The van der Waals surface area contributed by atoms with Crippen LogP contribution in [0.25, 0.3) is 0 Å². The van der Waals surface area contributed by atoms with Crippen molar-refractivity contribution in [3.05, 3.63) is 12.4 Å². The molecule has 80 valence electrons. The third kappa shape index (κ3) is 2.76. The molecule has 0 radical (unpaired) electrons. The Labute approximate surface area is 86.3 Å². The van der Waals surface area contributed by atoms with E-state index in [1.54, 1.807) is 6.20 Å². The maximum Gasteiger partial charge on any atom is 0.0719 e. The van der Waals surface area contributed by atoms with Gasteiger partial charge in [0, 0.05) is 12.7 Å². The fourth-order valence-corrected chi connectivity index (χ4v) is 1.83. The number of nitrogen functional groups attached to an aromatic ring is 1. The van der Waals surface area contributed by atoms with E-state index in [2.05, 4.69) is 25.9 Å². The number of hydrogen-bond donors (Lipinski definition) is 1. The van der Waals surface area contributed by atoms with E-state index in [0.717, 1.165) is 12.2 Å². The molecule has 1 heterocycles. The van der Waals surface area contributed by atoms with Crippen LogP contribution in [0.5, 0.6) is 0 Å². The van der Waals surface area contributed by atoms with E-state index in [4.69, 9.17) is 5.73 Å². The highest BCUT2D eigenvalue weighted by Gasteiger charge is 2.21. The summed E-state index contributed by atoms with van der Waals surface area (Å²) < 4.78 is 1.95. The lowest BCUT2D eigenvalue weighted by Gasteiger charge is -2.27. The van der Waals surface area contributed by atoms with Gasteiger partial charge in [-0.1, -0.05) is 27.2 Å². The molecule has 0 aliphatic heterocycles. The van der Waals surface area contributed by atoms with E-state index in [0.29, 0.717) is 5.41 Å². The van der Waals surface area contributed by atoms with Gasteiger partial charge in [0.1, 0.15) is 0 Å². The number of anilines is 1. The SMILES string of the molecule is CCCC(C)(CC)Cn1cc(N)cn1. The molecule has 1 unspecified atom stereocenters. The average molecular weight is 195 g/mol. The van der Waals surface area contributed by atoms with E-state index < -0.39 is 0 Å². The molecule has 0 aromatic carbocycles. The summed E-state index contributed by atoms with van der Waals surface area (Å²) in [6.45, 7) is 7.75. The predicted octanol–water partition coefficient (Wildman–Crippen LogP) is 2.68. The third-order valence-electron chi connectivity index (χ3n) is 2.90. The van der Waals surface area contributed by atoms with E-state index in [1.807, 2.05) is 10.9 Å². The summed E-state index contributed by atoms with van der Waals surface area (Å²) >= 11 is 0. The molecule has 3 nitrogen and oxygen atoms in total. The number of aromatic nitrogens is 2. The second kappa shape index (κ2) is 4.49. The maximum absolute atomic E-state index is 5.63. The van der Waals surface area contributed by atoms with Crippen molar-refractivity contribution in [1.82, 2.24) is 9.78 Å². The molecule has 1 aromatic rings. The van der Waals surface area contributed by atoms with Crippen molar-refractivity contribution in [3.63, 3.8) is 0 Å². The monoisotopic (exact) mass is 195 g/mol. The summed E-state index contributed by atoms with van der Waals surface area (Å²) in [6, 6.07) is 0. The van der Waals surface area contributed by atoms with Gasteiger partial charge in [-0.3, -0.25) is 4.68 Å². The van der Waals surface area contributed by atoms with Crippen LogP contribution in [0.3, 0.4) is 0 Å². The number of hydrogen-bond acceptors (Lipinski definition) is 2. The molecule has 0 amide bonds. The van der Waals surface area contributed by atoms with Gasteiger partial charge in [0.15, 0.2) is 0 Å². The molecule has 0 aliphatic carbocycles. The average Bonchev–Trinajstić information content (AvgIpc) is 2.51. The summed E-state index contributed by atoms with van der Waals surface area (Å²) in [5.41, 5.74) is 6.73. The molecule has 3 heteroatoms. The first-order valence-electron chi connectivity index (χ1n) is 5.37. The van der Waals surface area contributed by atoms with Gasteiger partial charge in [-0.2, -0.15) is 5.10 Å². The first kappa shape index (κ1) is 11.1.